The molecule has 0 aliphatic heterocycles. The Morgan fingerprint density at radius 3 is 1.54 bits per heavy atom. The van der Waals surface area contributed by atoms with Crippen LogP contribution in [0.5, 0.6) is 0 Å². The summed E-state index contributed by atoms with van der Waals surface area (Å²) in [6, 6.07) is 8.81. The molecule has 0 atom stereocenters. The van der Waals surface area contributed by atoms with Crippen molar-refractivity contribution >= 4 is 11.8 Å². The van der Waals surface area contributed by atoms with E-state index in [1.807, 2.05) is 24.3 Å². The van der Waals surface area contributed by atoms with Gasteiger partial charge in [-0.25, -0.2) is 0 Å². The molecule has 0 unspecified atom stereocenters. The lowest BCUT2D eigenvalue weighted by Crippen LogP contribution is -2.25. The molecule has 7 nitrogen and oxygen atoms in total. The summed E-state index contributed by atoms with van der Waals surface area (Å²) >= 11 is 0. The van der Waals surface area contributed by atoms with Gasteiger partial charge in [-0.05, 0) is 41.5 Å². The Morgan fingerprint density at radius 1 is 0.692 bits per heavy atom. The number of aromatic nitrogens is 3. The zero-order chi connectivity index (χ0) is 18.2. The predicted octanol–water partition coefficient (Wildman–Crippen LogP) is 1.73. The SMILES string of the molecule is O=C(NCc1ccncc1)c1cncc(C(=O)NCc2ccncc2)c1. The van der Waals surface area contributed by atoms with E-state index in [1.165, 1.54) is 18.5 Å². The van der Waals surface area contributed by atoms with E-state index in [0.29, 0.717) is 24.2 Å². The first-order valence-corrected chi connectivity index (χ1v) is 8.01. The van der Waals surface area contributed by atoms with Gasteiger partial charge in [-0.15, -0.1) is 0 Å². The van der Waals surface area contributed by atoms with Gasteiger partial charge in [0.15, 0.2) is 0 Å². The van der Waals surface area contributed by atoms with Gasteiger partial charge in [-0.1, -0.05) is 0 Å². The third-order valence-electron chi connectivity index (χ3n) is 3.67. The van der Waals surface area contributed by atoms with Gasteiger partial charge in [0, 0.05) is 50.3 Å². The van der Waals surface area contributed by atoms with Crippen LogP contribution in [0.2, 0.25) is 0 Å². The third-order valence-corrected chi connectivity index (χ3v) is 3.67. The van der Waals surface area contributed by atoms with Crippen molar-refractivity contribution in [1.29, 1.82) is 0 Å². The highest BCUT2D eigenvalue weighted by atomic mass is 16.2. The highest BCUT2D eigenvalue weighted by Gasteiger charge is 2.11. The van der Waals surface area contributed by atoms with Gasteiger partial charge in [0.2, 0.25) is 0 Å². The van der Waals surface area contributed by atoms with Crippen molar-refractivity contribution in [1.82, 2.24) is 25.6 Å². The molecule has 26 heavy (non-hydrogen) atoms. The van der Waals surface area contributed by atoms with Crippen LogP contribution in [0.25, 0.3) is 0 Å². The summed E-state index contributed by atoms with van der Waals surface area (Å²) in [6.45, 7) is 0.750. The average molecular weight is 347 g/mol. The van der Waals surface area contributed by atoms with E-state index < -0.39 is 0 Å². The molecule has 3 aromatic rings. The fraction of sp³-hybridized carbons (Fsp3) is 0.105. The Kier molecular flexibility index (Phi) is 5.61. The molecule has 2 N–H and O–H groups in total. The van der Waals surface area contributed by atoms with E-state index in [1.54, 1.807) is 24.8 Å². The summed E-state index contributed by atoms with van der Waals surface area (Å²) in [5, 5.41) is 5.59. The number of rotatable bonds is 6. The zero-order valence-electron chi connectivity index (χ0n) is 13.9. The van der Waals surface area contributed by atoms with Crippen LogP contribution in [0, 0.1) is 0 Å². The van der Waals surface area contributed by atoms with Crippen LogP contribution in [0.3, 0.4) is 0 Å². The van der Waals surface area contributed by atoms with Gasteiger partial charge in [0.25, 0.3) is 11.8 Å². The van der Waals surface area contributed by atoms with E-state index >= 15 is 0 Å². The van der Waals surface area contributed by atoms with Gasteiger partial charge >= 0.3 is 0 Å². The largest absolute Gasteiger partial charge is 0.348 e. The number of hydrogen-bond acceptors (Lipinski definition) is 5. The quantitative estimate of drug-likeness (QED) is 0.708. The molecule has 0 aliphatic carbocycles. The van der Waals surface area contributed by atoms with E-state index in [4.69, 9.17) is 0 Å². The molecule has 130 valence electrons. The average Bonchev–Trinajstić information content (AvgIpc) is 2.72. The van der Waals surface area contributed by atoms with Gasteiger partial charge < -0.3 is 10.6 Å². The number of nitrogens with one attached hydrogen (secondary N) is 2. The summed E-state index contributed by atoms with van der Waals surface area (Å²) in [4.78, 5) is 36.4. The standard InChI is InChI=1S/C19H17N5O2/c25-18(23-10-14-1-5-20-6-2-14)16-9-17(13-22-12-16)19(26)24-11-15-3-7-21-8-4-15/h1-9,12-13H,10-11H2,(H,23,25)(H,24,26). The Morgan fingerprint density at radius 2 is 1.12 bits per heavy atom. The van der Waals surface area contributed by atoms with E-state index in [9.17, 15) is 9.59 Å². The third kappa shape index (κ3) is 4.70. The van der Waals surface area contributed by atoms with Gasteiger partial charge in [0.1, 0.15) is 0 Å². The van der Waals surface area contributed by atoms with Gasteiger partial charge in [0.05, 0.1) is 11.1 Å². The number of hydrogen-bond donors (Lipinski definition) is 2. The Balaban J connectivity index is 1.60. The molecule has 0 spiro atoms. The molecule has 0 bridgehead atoms. The second kappa shape index (κ2) is 8.48. The van der Waals surface area contributed by atoms with E-state index in [0.717, 1.165) is 11.1 Å². The normalized spacial score (nSPS) is 10.2. The van der Waals surface area contributed by atoms with Crippen molar-refractivity contribution in [3.8, 4) is 0 Å². The molecular weight excluding hydrogens is 330 g/mol. The van der Waals surface area contributed by atoms with Crippen LogP contribution in [0.1, 0.15) is 31.8 Å². The molecule has 3 aromatic heterocycles. The minimum Gasteiger partial charge on any atom is -0.348 e. The molecule has 0 fully saturated rings. The Labute approximate surface area is 150 Å². The van der Waals surface area contributed by atoms with E-state index in [-0.39, 0.29) is 11.8 Å². The van der Waals surface area contributed by atoms with E-state index in [2.05, 4.69) is 25.6 Å². The number of nitrogens with zero attached hydrogens (tertiary/aromatic N) is 3. The molecule has 0 aliphatic rings. The summed E-state index contributed by atoms with van der Waals surface area (Å²) in [7, 11) is 0. The summed E-state index contributed by atoms with van der Waals surface area (Å²) in [5.41, 5.74) is 2.53. The predicted molar refractivity (Wildman–Crippen MR) is 95.1 cm³/mol. The lowest BCUT2D eigenvalue weighted by Gasteiger charge is -2.08. The topological polar surface area (TPSA) is 96.9 Å². The van der Waals surface area contributed by atoms with Crippen molar-refractivity contribution in [2.24, 2.45) is 0 Å². The van der Waals surface area contributed by atoms with Crippen LogP contribution >= 0.6 is 0 Å². The smallest absolute Gasteiger partial charge is 0.253 e. The molecule has 0 aromatic carbocycles. The van der Waals surface area contributed by atoms with Gasteiger partial charge in [-0.2, -0.15) is 0 Å². The molecule has 0 saturated heterocycles. The molecule has 7 heteroatoms. The number of carbonyl (C=O) groups is 2. The van der Waals surface area contributed by atoms with Gasteiger partial charge in [-0.3, -0.25) is 24.5 Å². The number of pyridine rings is 3. The zero-order valence-corrected chi connectivity index (χ0v) is 13.9. The first-order chi connectivity index (χ1) is 12.7. The fourth-order valence-electron chi connectivity index (χ4n) is 2.26. The Hall–Kier alpha value is -3.61. The minimum absolute atomic E-state index is 0.293. The maximum atomic E-state index is 12.3. The van der Waals surface area contributed by atoms with Crippen molar-refractivity contribution in [3.05, 3.63) is 89.8 Å². The molecule has 0 radical (unpaired) electrons. The Bertz CT molecular complexity index is 814. The van der Waals surface area contributed by atoms with Crippen molar-refractivity contribution in [2.45, 2.75) is 13.1 Å². The van der Waals surface area contributed by atoms with Crippen molar-refractivity contribution in [2.75, 3.05) is 0 Å². The molecule has 3 rings (SSSR count). The lowest BCUT2D eigenvalue weighted by molar-refractivity contribution is 0.0950. The summed E-state index contributed by atoms with van der Waals surface area (Å²) < 4.78 is 0. The van der Waals surface area contributed by atoms with Crippen LogP contribution in [0.15, 0.2) is 67.5 Å². The molecular formula is C19H17N5O2. The first kappa shape index (κ1) is 17.2. The number of carbonyl (C=O) groups excluding carboxylic acids is 2. The second-order valence-electron chi connectivity index (χ2n) is 5.54. The van der Waals surface area contributed by atoms with Crippen LogP contribution in [-0.2, 0) is 13.1 Å². The number of amides is 2. The monoisotopic (exact) mass is 347 g/mol. The fourth-order valence-corrected chi connectivity index (χ4v) is 2.26. The highest BCUT2D eigenvalue weighted by molar-refractivity contribution is 5.99. The van der Waals surface area contributed by atoms with Crippen LogP contribution in [-0.4, -0.2) is 26.8 Å². The lowest BCUT2D eigenvalue weighted by atomic mass is 10.1. The summed E-state index contributed by atoms with van der Waals surface area (Å²) in [6.07, 6.45) is 9.52. The van der Waals surface area contributed by atoms with Crippen LogP contribution < -0.4 is 10.6 Å². The molecule has 0 saturated carbocycles. The van der Waals surface area contributed by atoms with Crippen LogP contribution in [0.4, 0.5) is 0 Å². The second-order valence-corrected chi connectivity index (χ2v) is 5.54. The maximum Gasteiger partial charge on any atom is 0.253 e. The maximum absolute atomic E-state index is 12.3. The first-order valence-electron chi connectivity index (χ1n) is 8.01. The van der Waals surface area contributed by atoms with Crippen molar-refractivity contribution < 1.29 is 9.59 Å². The summed E-state index contributed by atoms with van der Waals surface area (Å²) in [5.74, 6) is -0.587. The molecule has 3 heterocycles. The highest BCUT2D eigenvalue weighted by Crippen LogP contribution is 2.05. The van der Waals surface area contributed by atoms with Crippen molar-refractivity contribution in [3.63, 3.8) is 0 Å². The minimum atomic E-state index is -0.293. The molecule has 2 amide bonds.